The molecule has 1 atom stereocenters. The standard InChI is InChI=1S/C20H20ClN3O3/c1-3-17(26-15-9-10-16(21)13(2)11-15)20(25)22-12-18-23-19(24-27-18)14-7-5-4-6-8-14/h4-11,17H,3,12H2,1-2H3,(H,22,25). The predicted octanol–water partition coefficient (Wildman–Crippen LogP) is 4.17. The van der Waals surface area contributed by atoms with Crippen LogP contribution in [0.5, 0.6) is 5.75 Å². The van der Waals surface area contributed by atoms with Gasteiger partial charge in [0, 0.05) is 10.6 Å². The maximum Gasteiger partial charge on any atom is 0.261 e. The fraction of sp³-hybridized carbons (Fsp3) is 0.250. The maximum absolute atomic E-state index is 12.4. The third-order valence-electron chi connectivity index (χ3n) is 3.98. The highest BCUT2D eigenvalue weighted by atomic mass is 35.5. The molecule has 1 aromatic heterocycles. The van der Waals surface area contributed by atoms with Gasteiger partial charge in [-0.15, -0.1) is 0 Å². The molecule has 0 bridgehead atoms. The Morgan fingerprint density at radius 3 is 2.74 bits per heavy atom. The molecule has 1 heterocycles. The molecule has 0 saturated carbocycles. The third-order valence-corrected chi connectivity index (χ3v) is 4.41. The van der Waals surface area contributed by atoms with Crippen LogP contribution in [-0.2, 0) is 11.3 Å². The number of benzene rings is 2. The van der Waals surface area contributed by atoms with Crippen LogP contribution in [0.4, 0.5) is 0 Å². The van der Waals surface area contributed by atoms with Gasteiger partial charge in [-0.05, 0) is 37.1 Å². The predicted molar refractivity (Wildman–Crippen MR) is 102 cm³/mol. The summed E-state index contributed by atoms with van der Waals surface area (Å²) in [6.45, 7) is 3.90. The smallest absolute Gasteiger partial charge is 0.261 e. The Hall–Kier alpha value is -2.86. The highest BCUT2D eigenvalue weighted by Gasteiger charge is 2.19. The van der Waals surface area contributed by atoms with E-state index in [1.54, 1.807) is 12.1 Å². The first-order valence-electron chi connectivity index (χ1n) is 8.65. The van der Waals surface area contributed by atoms with Crippen molar-refractivity contribution in [1.82, 2.24) is 15.5 Å². The number of aromatic nitrogens is 2. The number of aryl methyl sites for hydroxylation is 1. The maximum atomic E-state index is 12.4. The molecule has 140 valence electrons. The van der Waals surface area contributed by atoms with E-state index in [-0.39, 0.29) is 12.5 Å². The van der Waals surface area contributed by atoms with Gasteiger partial charge in [0.15, 0.2) is 6.10 Å². The lowest BCUT2D eigenvalue weighted by Gasteiger charge is -2.17. The van der Waals surface area contributed by atoms with Crippen molar-refractivity contribution in [3.8, 4) is 17.1 Å². The Kier molecular flexibility index (Phi) is 6.08. The van der Waals surface area contributed by atoms with Crippen LogP contribution in [0.3, 0.4) is 0 Å². The number of carbonyl (C=O) groups is 1. The first kappa shape index (κ1) is 18.9. The highest BCUT2D eigenvalue weighted by Crippen LogP contribution is 2.22. The van der Waals surface area contributed by atoms with Crippen molar-refractivity contribution in [2.24, 2.45) is 0 Å². The molecule has 1 N–H and O–H groups in total. The Balaban J connectivity index is 1.59. The number of rotatable bonds is 7. The van der Waals surface area contributed by atoms with E-state index in [9.17, 15) is 4.79 Å². The zero-order valence-electron chi connectivity index (χ0n) is 15.1. The molecule has 2 aromatic carbocycles. The summed E-state index contributed by atoms with van der Waals surface area (Å²) in [5, 5.41) is 7.37. The van der Waals surface area contributed by atoms with Gasteiger partial charge in [0.25, 0.3) is 5.91 Å². The Bertz CT molecular complexity index is 912. The minimum Gasteiger partial charge on any atom is -0.481 e. The minimum atomic E-state index is -0.623. The number of hydrogen-bond donors (Lipinski definition) is 1. The summed E-state index contributed by atoms with van der Waals surface area (Å²) in [5.74, 6) is 1.17. The summed E-state index contributed by atoms with van der Waals surface area (Å²) in [5.41, 5.74) is 1.75. The van der Waals surface area contributed by atoms with Crippen molar-refractivity contribution >= 4 is 17.5 Å². The zero-order valence-corrected chi connectivity index (χ0v) is 15.9. The van der Waals surface area contributed by atoms with Crippen molar-refractivity contribution in [2.45, 2.75) is 32.9 Å². The van der Waals surface area contributed by atoms with Gasteiger partial charge in [-0.25, -0.2) is 0 Å². The summed E-state index contributed by atoms with van der Waals surface area (Å²) >= 11 is 6.02. The van der Waals surface area contributed by atoms with Gasteiger partial charge in [0.1, 0.15) is 5.75 Å². The first-order valence-corrected chi connectivity index (χ1v) is 9.03. The van der Waals surface area contributed by atoms with E-state index in [0.29, 0.717) is 28.9 Å². The van der Waals surface area contributed by atoms with Crippen LogP contribution in [-0.4, -0.2) is 22.2 Å². The molecule has 0 aliphatic rings. The Labute approximate surface area is 162 Å². The monoisotopic (exact) mass is 385 g/mol. The molecule has 3 aromatic rings. The molecule has 0 aliphatic carbocycles. The molecule has 7 heteroatoms. The van der Waals surface area contributed by atoms with Gasteiger partial charge >= 0.3 is 0 Å². The van der Waals surface area contributed by atoms with Gasteiger partial charge < -0.3 is 14.6 Å². The molecule has 0 fully saturated rings. The number of amides is 1. The molecule has 0 saturated heterocycles. The topological polar surface area (TPSA) is 77.2 Å². The quantitative estimate of drug-likeness (QED) is 0.660. The molecule has 0 spiro atoms. The first-order chi connectivity index (χ1) is 13.1. The number of nitrogens with zero attached hydrogens (tertiary/aromatic N) is 2. The number of carbonyl (C=O) groups excluding carboxylic acids is 1. The number of halogens is 1. The molecule has 0 aliphatic heterocycles. The molecule has 1 amide bonds. The van der Waals surface area contributed by atoms with Crippen molar-refractivity contribution in [2.75, 3.05) is 0 Å². The van der Waals surface area contributed by atoms with Crippen LogP contribution in [0.15, 0.2) is 53.1 Å². The van der Waals surface area contributed by atoms with E-state index in [1.807, 2.05) is 50.2 Å². The lowest BCUT2D eigenvalue weighted by molar-refractivity contribution is -0.128. The summed E-state index contributed by atoms with van der Waals surface area (Å²) in [6, 6.07) is 14.8. The number of nitrogens with one attached hydrogen (secondary N) is 1. The second-order valence-corrected chi connectivity index (χ2v) is 6.43. The van der Waals surface area contributed by atoms with E-state index >= 15 is 0 Å². The molecule has 1 unspecified atom stereocenters. The average molecular weight is 386 g/mol. The van der Waals surface area contributed by atoms with Crippen molar-refractivity contribution in [3.05, 3.63) is 65.0 Å². The fourth-order valence-corrected chi connectivity index (χ4v) is 2.60. The van der Waals surface area contributed by atoms with Crippen LogP contribution in [0.25, 0.3) is 11.4 Å². The van der Waals surface area contributed by atoms with Crippen LogP contribution in [0, 0.1) is 6.92 Å². The Morgan fingerprint density at radius 2 is 2.04 bits per heavy atom. The minimum absolute atomic E-state index is 0.137. The fourth-order valence-electron chi connectivity index (χ4n) is 2.48. The normalized spacial score (nSPS) is 11.8. The lowest BCUT2D eigenvalue weighted by atomic mass is 10.2. The Morgan fingerprint density at radius 1 is 1.26 bits per heavy atom. The van der Waals surface area contributed by atoms with Gasteiger partial charge in [-0.2, -0.15) is 4.98 Å². The van der Waals surface area contributed by atoms with Crippen LogP contribution >= 0.6 is 11.6 Å². The SMILES string of the molecule is CCC(Oc1ccc(Cl)c(C)c1)C(=O)NCc1nc(-c2ccccc2)no1. The van der Waals surface area contributed by atoms with Gasteiger partial charge in [-0.3, -0.25) is 4.79 Å². The number of hydrogen-bond acceptors (Lipinski definition) is 5. The zero-order chi connectivity index (χ0) is 19.2. The molecule has 0 radical (unpaired) electrons. The molecule has 6 nitrogen and oxygen atoms in total. The molecule has 27 heavy (non-hydrogen) atoms. The molecular formula is C20H20ClN3O3. The van der Waals surface area contributed by atoms with Crippen molar-refractivity contribution < 1.29 is 14.1 Å². The third kappa shape index (κ3) is 4.86. The lowest BCUT2D eigenvalue weighted by Crippen LogP contribution is -2.37. The summed E-state index contributed by atoms with van der Waals surface area (Å²) in [6.07, 6.45) is -0.103. The highest BCUT2D eigenvalue weighted by molar-refractivity contribution is 6.31. The van der Waals surface area contributed by atoms with E-state index in [0.717, 1.165) is 11.1 Å². The van der Waals surface area contributed by atoms with Crippen LogP contribution in [0.2, 0.25) is 5.02 Å². The largest absolute Gasteiger partial charge is 0.481 e. The number of ether oxygens (including phenoxy) is 1. The molecular weight excluding hydrogens is 366 g/mol. The summed E-state index contributed by atoms with van der Waals surface area (Å²) in [4.78, 5) is 16.7. The van der Waals surface area contributed by atoms with Crippen LogP contribution < -0.4 is 10.1 Å². The second-order valence-electron chi connectivity index (χ2n) is 6.02. The summed E-state index contributed by atoms with van der Waals surface area (Å²) < 4.78 is 11.0. The van der Waals surface area contributed by atoms with Gasteiger partial charge in [-0.1, -0.05) is 54.0 Å². The summed E-state index contributed by atoms with van der Waals surface area (Å²) in [7, 11) is 0. The van der Waals surface area contributed by atoms with E-state index in [4.69, 9.17) is 20.9 Å². The average Bonchev–Trinajstić information content (AvgIpc) is 3.16. The second kappa shape index (κ2) is 8.68. The van der Waals surface area contributed by atoms with Crippen LogP contribution in [0.1, 0.15) is 24.8 Å². The molecule has 3 rings (SSSR count). The van der Waals surface area contributed by atoms with Gasteiger partial charge in [0.2, 0.25) is 11.7 Å². The van der Waals surface area contributed by atoms with Crippen molar-refractivity contribution in [1.29, 1.82) is 0 Å². The van der Waals surface area contributed by atoms with E-state index < -0.39 is 6.10 Å². The van der Waals surface area contributed by atoms with E-state index in [1.165, 1.54) is 0 Å². The van der Waals surface area contributed by atoms with Gasteiger partial charge in [0.05, 0.1) is 6.54 Å². The van der Waals surface area contributed by atoms with Crippen molar-refractivity contribution in [3.63, 3.8) is 0 Å². The van der Waals surface area contributed by atoms with E-state index in [2.05, 4.69) is 15.5 Å².